The number of amides is 3. The molecule has 0 aliphatic heterocycles. The highest BCUT2D eigenvalue weighted by Crippen LogP contribution is 2.18. The summed E-state index contributed by atoms with van der Waals surface area (Å²) in [5.74, 6) is 0. The summed E-state index contributed by atoms with van der Waals surface area (Å²) in [5, 5.41) is 17.8. The van der Waals surface area contributed by atoms with Crippen molar-refractivity contribution in [3.8, 4) is 0 Å². The van der Waals surface area contributed by atoms with Gasteiger partial charge in [0.05, 0.1) is 12.6 Å². The molecule has 0 fully saturated rings. The number of carbonyl (C=O) groups is 2. The fourth-order valence-corrected chi connectivity index (χ4v) is 2.79. The number of fused-ring (bicyclic) bond motifs is 1. The summed E-state index contributed by atoms with van der Waals surface area (Å²) < 4.78 is 0. The van der Waals surface area contributed by atoms with Crippen molar-refractivity contribution < 1.29 is 14.8 Å². The zero-order chi connectivity index (χ0) is 18.1. The zero-order valence-corrected chi connectivity index (χ0v) is 14.4. The summed E-state index contributed by atoms with van der Waals surface area (Å²) in [6, 6.07) is 13.4. The van der Waals surface area contributed by atoms with Crippen LogP contribution in [0.25, 0.3) is 10.8 Å². The van der Waals surface area contributed by atoms with Crippen molar-refractivity contribution in [3.63, 3.8) is 0 Å². The van der Waals surface area contributed by atoms with Crippen molar-refractivity contribution in [2.75, 3.05) is 6.54 Å². The molecular formula is C19H25N3O3. The topological polar surface area (TPSA) is 81.7 Å². The predicted octanol–water partition coefficient (Wildman–Crippen LogP) is 3.05. The van der Waals surface area contributed by atoms with Gasteiger partial charge in [-0.05, 0) is 22.8 Å². The molecular weight excluding hydrogens is 318 g/mol. The van der Waals surface area contributed by atoms with Crippen LogP contribution in [0.15, 0.2) is 42.5 Å². The molecule has 0 spiro atoms. The van der Waals surface area contributed by atoms with Gasteiger partial charge < -0.3 is 10.6 Å². The molecule has 2 rings (SSSR count). The van der Waals surface area contributed by atoms with Crippen molar-refractivity contribution in [1.82, 2.24) is 15.7 Å². The van der Waals surface area contributed by atoms with Gasteiger partial charge in [0.25, 0.3) is 0 Å². The van der Waals surface area contributed by atoms with Gasteiger partial charge in [-0.1, -0.05) is 62.2 Å². The van der Waals surface area contributed by atoms with Crippen LogP contribution in [0.1, 0.15) is 31.7 Å². The van der Waals surface area contributed by atoms with E-state index in [9.17, 15) is 14.8 Å². The van der Waals surface area contributed by atoms with Gasteiger partial charge in [0.2, 0.25) is 6.41 Å². The summed E-state index contributed by atoms with van der Waals surface area (Å²) in [5.41, 5.74) is 1.04. The zero-order valence-electron chi connectivity index (χ0n) is 14.4. The van der Waals surface area contributed by atoms with Crippen molar-refractivity contribution >= 4 is 23.2 Å². The van der Waals surface area contributed by atoms with E-state index in [2.05, 4.69) is 10.6 Å². The van der Waals surface area contributed by atoms with Crippen LogP contribution in [-0.4, -0.2) is 35.3 Å². The SMILES string of the molecule is CCCCC(CN(O)C=O)NC(=O)NCc1cccc2ccccc12. The van der Waals surface area contributed by atoms with Crippen molar-refractivity contribution in [3.05, 3.63) is 48.0 Å². The first-order chi connectivity index (χ1) is 12.1. The minimum atomic E-state index is -0.312. The summed E-state index contributed by atoms with van der Waals surface area (Å²) in [7, 11) is 0. The molecule has 3 N–H and O–H groups in total. The minimum absolute atomic E-state index is 0.0746. The van der Waals surface area contributed by atoms with E-state index in [0.717, 1.165) is 29.2 Å². The smallest absolute Gasteiger partial charge is 0.315 e. The first kappa shape index (κ1) is 18.7. The maximum absolute atomic E-state index is 12.2. The second kappa shape index (κ2) is 9.64. The summed E-state index contributed by atoms with van der Waals surface area (Å²) >= 11 is 0. The van der Waals surface area contributed by atoms with E-state index < -0.39 is 0 Å². The standard InChI is InChI=1S/C19H25N3O3/c1-2-3-10-17(13-22(25)14-23)21-19(24)20-12-16-9-6-8-15-7-4-5-11-18(15)16/h4-9,11,14,17,25H,2-3,10,12-13H2,1H3,(H2,20,21,24). The van der Waals surface area contributed by atoms with E-state index in [1.807, 2.05) is 49.4 Å². The highest BCUT2D eigenvalue weighted by Gasteiger charge is 2.14. The fraction of sp³-hybridized carbons (Fsp3) is 0.368. The Morgan fingerprint density at radius 1 is 1.24 bits per heavy atom. The summed E-state index contributed by atoms with van der Waals surface area (Å²) in [4.78, 5) is 22.8. The molecule has 0 saturated heterocycles. The third-order valence-electron chi connectivity index (χ3n) is 4.09. The average Bonchev–Trinajstić information content (AvgIpc) is 2.64. The van der Waals surface area contributed by atoms with Gasteiger partial charge in [-0.25, -0.2) is 9.86 Å². The van der Waals surface area contributed by atoms with Crippen molar-refractivity contribution in [2.45, 2.75) is 38.8 Å². The molecule has 0 aliphatic rings. The van der Waals surface area contributed by atoms with Gasteiger partial charge in [-0.3, -0.25) is 10.0 Å². The number of hydrogen-bond donors (Lipinski definition) is 3. The molecule has 2 aromatic rings. The van der Waals surface area contributed by atoms with Gasteiger partial charge in [0.15, 0.2) is 0 Å². The first-order valence-electron chi connectivity index (χ1n) is 8.56. The lowest BCUT2D eigenvalue weighted by Gasteiger charge is -2.21. The monoisotopic (exact) mass is 343 g/mol. The van der Waals surface area contributed by atoms with E-state index in [1.165, 1.54) is 0 Å². The summed E-state index contributed by atoms with van der Waals surface area (Å²) in [6.07, 6.45) is 2.92. The Hall–Kier alpha value is -2.60. The van der Waals surface area contributed by atoms with Gasteiger partial charge >= 0.3 is 6.03 Å². The fourth-order valence-electron chi connectivity index (χ4n) is 2.79. The normalized spacial score (nSPS) is 11.8. The number of nitrogens with one attached hydrogen (secondary N) is 2. The Bertz CT molecular complexity index is 700. The molecule has 6 nitrogen and oxygen atoms in total. The molecule has 3 amide bonds. The van der Waals surface area contributed by atoms with Crippen LogP contribution in [0.3, 0.4) is 0 Å². The molecule has 0 radical (unpaired) electrons. The van der Waals surface area contributed by atoms with Crippen LogP contribution in [0.2, 0.25) is 0 Å². The van der Waals surface area contributed by atoms with Gasteiger partial charge in [-0.15, -0.1) is 0 Å². The van der Waals surface area contributed by atoms with Crippen LogP contribution >= 0.6 is 0 Å². The van der Waals surface area contributed by atoms with Crippen molar-refractivity contribution in [1.29, 1.82) is 0 Å². The van der Waals surface area contributed by atoms with Crippen LogP contribution in [-0.2, 0) is 11.3 Å². The van der Waals surface area contributed by atoms with E-state index >= 15 is 0 Å². The third-order valence-corrected chi connectivity index (χ3v) is 4.09. The number of benzene rings is 2. The molecule has 0 aliphatic carbocycles. The maximum atomic E-state index is 12.2. The average molecular weight is 343 g/mol. The third kappa shape index (κ3) is 5.76. The largest absolute Gasteiger partial charge is 0.334 e. The van der Waals surface area contributed by atoms with Crippen LogP contribution in [0.4, 0.5) is 4.79 Å². The molecule has 0 aromatic heterocycles. The first-order valence-corrected chi connectivity index (χ1v) is 8.56. The summed E-state index contributed by atoms with van der Waals surface area (Å²) in [6.45, 7) is 2.53. The quantitative estimate of drug-likeness (QED) is 0.372. The number of carbonyl (C=O) groups excluding carboxylic acids is 2. The molecule has 0 heterocycles. The lowest BCUT2D eigenvalue weighted by Crippen LogP contribution is -2.46. The lowest BCUT2D eigenvalue weighted by molar-refractivity contribution is -0.151. The minimum Gasteiger partial charge on any atom is -0.334 e. The molecule has 25 heavy (non-hydrogen) atoms. The molecule has 0 bridgehead atoms. The predicted molar refractivity (Wildman–Crippen MR) is 97.2 cm³/mol. The van der Waals surface area contributed by atoms with Crippen LogP contribution in [0.5, 0.6) is 0 Å². The van der Waals surface area contributed by atoms with E-state index in [4.69, 9.17) is 0 Å². The lowest BCUT2D eigenvalue weighted by atomic mass is 10.0. The molecule has 0 saturated carbocycles. The van der Waals surface area contributed by atoms with Gasteiger partial charge in [0, 0.05) is 6.54 Å². The Labute approximate surface area is 147 Å². The van der Waals surface area contributed by atoms with E-state index in [0.29, 0.717) is 24.4 Å². The van der Waals surface area contributed by atoms with Gasteiger partial charge in [0.1, 0.15) is 0 Å². The Balaban J connectivity index is 1.94. The van der Waals surface area contributed by atoms with Crippen LogP contribution < -0.4 is 10.6 Å². The Morgan fingerprint density at radius 2 is 2.00 bits per heavy atom. The van der Waals surface area contributed by atoms with E-state index in [-0.39, 0.29) is 18.6 Å². The highest BCUT2D eigenvalue weighted by molar-refractivity contribution is 5.86. The number of hydrogen-bond acceptors (Lipinski definition) is 3. The Kier molecular flexibility index (Phi) is 7.22. The molecule has 1 unspecified atom stereocenters. The second-order valence-corrected chi connectivity index (χ2v) is 6.03. The highest BCUT2D eigenvalue weighted by atomic mass is 16.5. The number of rotatable bonds is 9. The molecule has 1 atom stereocenters. The molecule has 6 heteroatoms. The van der Waals surface area contributed by atoms with Crippen LogP contribution in [0, 0.1) is 0 Å². The number of nitrogens with zero attached hydrogens (tertiary/aromatic N) is 1. The van der Waals surface area contributed by atoms with Gasteiger partial charge in [-0.2, -0.15) is 0 Å². The second-order valence-electron chi connectivity index (χ2n) is 6.03. The molecule has 134 valence electrons. The maximum Gasteiger partial charge on any atom is 0.315 e. The van der Waals surface area contributed by atoms with E-state index in [1.54, 1.807) is 0 Å². The number of unbranched alkanes of at least 4 members (excludes halogenated alkanes) is 1. The number of urea groups is 1. The number of hydroxylamine groups is 2. The Morgan fingerprint density at radius 3 is 2.76 bits per heavy atom. The molecule has 2 aromatic carbocycles. The van der Waals surface area contributed by atoms with Crippen molar-refractivity contribution in [2.24, 2.45) is 0 Å².